The second-order valence-electron chi connectivity index (χ2n) is 17.5. The Morgan fingerprint density at radius 3 is 2.09 bits per heavy atom. The van der Waals surface area contributed by atoms with Gasteiger partial charge in [0.15, 0.2) is 53.2 Å². The van der Waals surface area contributed by atoms with E-state index in [4.69, 9.17) is 43.8 Å². The molecule has 6 heterocycles. The van der Waals surface area contributed by atoms with Gasteiger partial charge in [-0.1, -0.05) is 79.7 Å². The monoisotopic (exact) mass is 1060 g/mol. The van der Waals surface area contributed by atoms with Crippen molar-refractivity contribution in [3.8, 4) is 11.5 Å². The molecule has 0 aliphatic carbocycles. The first-order chi connectivity index (χ1) is 37.1. The number of benzene rings is 4. The normalized spacial score (nSPS) is 21.9. The summed E-state index contributed by atoms with van der Waals surface area (Å²) >= 11 is 0. The second-order valence-corrected chi connectivity index (χ2v) is 18.7. The van der Waals surface area contributed by atoms with Crippen LogP contribution >= 0.6 is 8.60 Å². The van der Waals surface area contributed by atoms with Gasteiger partial charge in [-0.3, -0.25) is 18.7 Å². The van der Waals surface area contributed by atoms with E-state index >= 15 is 13.2 Å². The van der Waals surface area contributed by atoms with E-state index in [2.05, 4.69) is 35.1 Å². The van der Waals surface area contributed by atoms with E-state index in [1.54, 1.807) is 75.7 Å². The highest BCUT2D eigenvalue weighted by molar-refractivity contribution is 7.41. The van der Waals surface area contributed by atoms with Gasteiger partial charge in [0.05, 0.1) is 39.6 Å². The van der Waals surface area contributed by atoms with Gasteiger partial charge < -0.3 is 52.4 Å². The Morgan fingerprint density at radius 1 is 0.803 bits per heavy atom. The number of alkyl halides is 2. The molecule has 23 heteroatoms. The number of nitrogens with zero attached hydrogens (tertiary/aromatic N) is 7. The van der Waals surface area contributed by atoms with Crippen molar-refractivity contribution in [1.29, 1.82) is 0 Å². The molecule has 2 aliphatic rings. The predicted molar refractivity (Wildman–Crippen MR) is 270 cm³/mol. The molecule has 1 amide bonds. The molecule has 10 rings (SSSR count). The van der Waals surface area contributed by atoms with Gasteiger partial charge in [-0.15, -0.1) is 0 Å². The van der Waals surface area contributed by atoms with Crippen LogP contribution in [0.3, 0.4) is 0 Å². The van der Waals surface area contributed by atoms with E-state index in [0.29, 0.717) is 33.8 Å². The number of aromatic nitrogens is 7. The number of anilines is 1. The molecule has 2 aliphatic heterocycles. The molecular formula is C53H49F3N9O10P. The van der Waals surface area contributed by atoms with Gasteiger partial charge >= 0.3 is 8.60 Å². The summed E-state index contributed by atoms with van der Waals surface area (Å²) in [7, 11) is 0.496. The van der Waals surface area contributed by atoms with Gasteiger partial charge in [0.1, 0.15) is 53.7 Å². The third kappa shape index (κ3) is 10.0. The Morgan fingerprint density at radius 2 is 1.43 bits per heavy atom. The lowest BCUT2D eigenvalue weighted by atomic mass is 9.79. The molecule has 0 spiro atoms. The average Bonchev–Trinajstić information content (AvgIpc) is 4.21. The van der Waals surface area contributed by atoms with Gasteiger partial charge in [0.25, 0.3) is 11.5 Å². The maximum Gasteiger partial charge on any atom is 0.333 e. The molecular weight excluding hydrogens is 1010 g/mol. The maximum atomic E-state index is 18.3. The number of hydrogen-bond acceptors (Lipinski definition) is 14. The summed E-state index contributed by atoms with van der Waals surface area (Å²) in [5, 5.41) is 2.40. The van der Waals surface area contributed by atoms with E-state index in [0.717, 1.165) is 17.1 Å². The van der Waals surface area contributed by atoms with E-state index < -0.39 is 87.3 Å². The average molecular weight is 1060 g/mol. The quantitative estimate of drug-likeness (QED) is 0.0317. The van der Waals surface area contributed by atoms with Crippen molar-refractivity contribution in [3.05, 3.63) is 184 Å². The number of H-pyrrole nitrogens is 1. The molecule has 4 aromatic carbocycles. The summed E-state index contributed by atoms with van der Waals surface area (Å²) in [6.07, 6.45) is -7.41. The number of fused-ring (bicyclic) bond motifs is 2. The van der Waals surface area contributed by atoms with E-state index in [1.807, 2.05) is 54.6 Å². The number of amides is 1. The van der Waals surface area contributed by atoms with Crippen molar-refractivity contribution >= 4 is 42.5 Å². The van der Waals surface area contributed by atoms with Crippen LogP contribution in [0.25, 0.3) is 27.0 Å². The number of ether oxygens (including phenoxy) is 5. The summed E-state index contributed by atoms with van der Waals surface area (Å²) < 4.78 is 103. The van der Waals surface area contributed by atoms with Crippen LogP contribution < -0.4 is 20.3 Å². The van der Waals surface area contributed by atoms with Crippen molar-refractivity contribution in [2.45, 2.75) is 68.2 Å². The zero-order chi connectivity index (χ0) is 52.9. The second kappa shape index (κ2) is 22.7. The van der Waals surface area contributed by atoms with E-state index in [-0.39, 0.29) is 47.6 Å². The van der Waals surface area contributed by atoms with E-state index in [1.165, 1.54) is 17.2 Å². The van der Waals surface area contributed by atoms with Gasteiger partial charge in [-0.25, -0.2) is 39.7 Å². The standard InChI is InChI=1S/C53H49F3N9O10P/c1-5-38-45(42(56)51(72-38)64-26-37(54)40-47(64)59-29-61-50(40)67)75-76(70-25-24-57-2)71-27-39-44(41(55)52(73-39)65-30-62-43-46(58-28-60-48(43)65)63-49(66)31-12-8-6-9-13-31)74-53(32-14-10-7-11-15-32,33-16-20-35(68-3)21-17-33)34-18-22-36(69-4)23-19-34/h6-23,26,28-30,38-39,41-42,44-45,51-52H,5,24-25,27H2,1,3-4H3,(H,59,61,67)(H,58,60,63,66)/t38-,39-,41+,42+,44?,45?,51-,52-,76?/m1/s1. The molecule has 0 saturated carbocycles. The molecule has 9 atom stereocenters. The number of nitrogens with one attached hydrogen (secondary N) is 2. The van der Waals surface area contributed by atoms with Crippen molar-refractivity contribution < 1.29 is 55.2 Å². The maximum absolute atomic E-state index is 18.3. The Kier molecular flexibility index (Phi) is 15.5. The summed E-state index contributed by atoms with van der Waals surface area (Å²) in [6, 6.07) is 32.1. The predicted octanol–water partition coefficient (Wildman–Crippen LogP) is 8.80. The minimum atomic E-state index is -2.59. The third-order valence-corrected chi connectivity index (χ3v) is 14.3. The fourth-order valence-corrected chi connectivity index (χ4v) is 10.6. The third-order valence-electron chi connectivity index (χ3n) is 13.1. The topological polar surface area (TPSA) is 202 Å². The van der Waals surface area contributed by atoms with Crippen molar-refractivity contribution in [2.75, 3.05) is 39.3 Å². The zero-order valence-corrected chi connectivity index (χ0v) is 41.8. The minimum absolute atomic E-state index is 0.0647. The highest BCUT2D eigenvalue weighted by Gasteiger charge is 2.54. The fourth-order valence-electron chi connectivity index (χ4n) is 9.43. The van der Waals surface area contributed by atoms with Crippen LogP contribution in [0, 0.1) is 12.4 Å². The molecule has 2 saturated heterocycles. The first-order valence-electron chi connectivity index (χ1n) is 24.0. The molecule has 0 radical (unpaired) electrons. The Bertz CT molecular complexity index is 3340. The molecule has 76 heavy (non-hydrogen) atoms. The van der Waals surface area contributed by atoms with Crippen LogP contribution in [0.4, 0.5) is 19.0 Å². The molecule has 0 bridgehead atoms. The van der Waals surface area contributed by atoms with Crippen molar-refractivity contribution in [3.63, 3.8) is 0 Å². The van der Waals surface area contributed by atoms with Crippen LogP contribution in [-0.4, -0.2) is 111 Å². The van der Waals surface area contributed by atoms with Crippen LogP contribution in [0.15, 0.2) is 139 Å². The summed E-state index contributed by atoms with van der Waals surface area (Å²) in [6.45, 7) is 8.36. The van der Waals surface area contributed by atoms with Crippen molar-refractivity contribution in [1.82, 2.24) is 34.1 Å². The lowest BCUT2D eigenvalue weighted by Crippen LogP contribution is -2.44. The zero-order valence-electron chi connectivity index (χ0n) is 40.9. The number of carbonyl (C=O) groups is 1. The highest BCUT2D eigenvalue weighted by Crippen LogP contribution is 2.51. The molecule has 4 aromatic heterocycles. The van der Waals surface area contributed by atoms with Crippen molar-refractivity contribution in [2.24, 2.45) is 0 Å². The van der Waals surface area contributed by atoms with Crippen LogP contribution in [-0.2, 0) is 33.4 Å². The number of aromatic amines is 1. The number of halogens is 3. The summed E-state index contributed by atoms with van der Waals surface area (Å²) in [4.78, 5) is 48.9. The van der Waals surface area contributed by atoms with Gasteiger partial charge in [-0.2, -0.15) is 0 Å². The van der Waals surface area contributed by atoms with Gasteiger partial charge in [0, 0.05) is 11.8 Å². The molecule has 3 unspecified atom stereocenters. The number of carbonyl (C=O) groups excluding carboxylic acids is 1. The SMILES string of the molecule is [C-]#[N+]CCOP(OC[C@H]1O[C@@H](n2cnc3c(NC(=O)c4ccccc4)ncnc32)[C@@H](F)C1OC(c1ccccc1)(c1ccc(OC)cc1)c1ccc(OC)cc1)OC1[C@@H](CC)O[C@@H](n2cc(F)c3c(=O)[nH]cnc32)[C@H]1F. The smallest absolute Gasteiger partial charge is 0.333 e. The Hall–Kier alpha value is -7.61. The molecule has 2 fully saturated rings. The Labute approximate surface area is 433 Å². The van der Waals surface area contributed by atoms with Crippen LogP contribution in [0.1, 0.15) is 52.8 Å². The number of methoxy groups -OCH3 is 2. The first-order valence-corrected chi connectivity index (χ1v) is 25.1. The molecule has 19 nitrogen and oxygen atoms in total. The largest absolute Gasteiger partial charge is 0.497 e. The highest BCUT2D eigenvalue weighted by atomic mass is 31.2. The number of imidazole rings is 1. The number of hydrogen-bond donors (Lipinski definition) is 2. The minimum Gasteiger partial charge on any atom is -0.497 e. The first kappa shape index (κ1) is 51.9. The molecule has 2 N–H and O–H groups in total. The van der Waals surface area contributed by atoms with Gasteiger partial charge in [0.2, 0.25) is 6.54 Å². The molecule has 392 valence electrons. The van der Waals surface area contributed by atoms with Crippen LogP contribution in [0.2, 0.25) is 0 Å². The van der Waals surface area contributed by atoms with E-state index in [9.17, 15) is 9.59 Å². The van der Waals surface area contributed by atoms with Crippen LogP contribution in [0.5, 0.6) is 11.5 Å². The Balaban J connectivity index is 1.03. The summed E-state index contributed by atoms with van der Waals surface area (Å²) in [5.41, 5.74) is -0.0850. The lowest BCUT2D eigenvalue weighted by Gasteiger charge is -2.39. The summed E-state index contributed by atoms with van der Waals surface area (Å²) in [5.74, 6) is -0.211. The number of rotatable bonds is 20. The fraction of sp³-hybridized carbons (Fsp3) is 0.302. The van der Waals surface area contributed by atoms with Gasteiger partial charge in [-0.05, 0) is 59.5 Å². The lowest BCUT2D eigenvalue weighted by molar-refractivity contribution is -0.104. The molecule has 8 aromatic rings.